The van der Waals surface area contributed by atoms with Gasteiger partial charge in [-0.1, -0.05) is 18.2 Å². The first-order valence-corrected chi connectivity index (χ1v) is 2.80. The number of primary amides is 1. The van der Waals surface area contributed by atoms with Gasteiger partial charge >= 0.3 is 0 Å². The molecule has 0 radical (unpaired) electrons. The lowest BCUT2D eigenvalue weighted by Crippen LogP contribution is -2.36. The van der Waals surface area contributed by atoms with Crippen molar-refractivity contribution in [3.8, 4) is 0 Å². The molecule has 0 rings (SSSR count). The van der Waals surface area contributed by atoms with Crippen LogP contribution in [0.5, 0.6) is 0 Å². The molecule has 0 aromatic carbocycles. The van der Waals surface area contributed by atoms with Crippen molar-refractivity contribution in [2.75, 3.05) is 0 Å². The Morgan fingerprint density at radius 3 is 2.33 bits per heavy atom. The van der Waals surface area contributed by atoms with E-state index in [1.807, 2.05) is 0 Å². The fraction of sp³-hybridized carbons (Fsp3) is 0.400. The van der Waals surface area contributed by atoms with Gasteiger partial charge in [-0.05, 0) is 0 Å². The lowest BCUT2D eigenvalue weighted by Gasteiger charge is -2.03. The van der Waals surface area contributed by atoms with Crippen molar-refractivity contribution in [2.24, 2.45) is 11.5 Å². The molecule has 1 amide bonds. The molecule has 4 N–H and O–H groups in total. The highest BCUT2D eigenvalue weighted by molar-refractivity contribution is 6.29. The number of hydrogen-bond donors (Lipinski definition) is 2. The van der Waals surface area contributed by atoms with Crippen molar-refractivity contribution in [1.29, 1.82) is 0 Å². The number of carbonyl (C=O) groups excluding carboxylic acids is 1. The highest BCUT2D eigenvalue weighted by atomic mass is 35.5. The fourth-order valence-electron chi connectivity index (χ4n) is 0.339. The molecule has 0 aliphatic rings. The Balaban J connectivity index is 3.63. The predicted octanol–water partition coefficient (Wildman–Crippen LogP) is -0.0584. The van der Waals surface area contributed by atoms with Crippen molar-refractivity contribution in [1.82, 2.24) is 0 Å². The van der Waals surface area contributed by atoms with E-state index in [4.69, 9.17) is 23.1 Å². The molecule has 0 bridgehead atoms. The summed E-state index contributed by atoms with van der Waals surface area (Å²) in [6.07, 6.45) is 0.247. The largest absolute Gasteiger partial charge is 0.368 e. The van der Waals surface area contributed by atoms with Crippen LogP contribution in [-0.4, -0.2) is 11.9 Å². The molecule has 0 heterocycles. The number of amides is 1. The normalized spacial score (nSPS) is 12.7. The van der Waals surface area contributed by atoms with Gasteiger partial charge in [0, 0.05) is 11.5 Å². The number of halogens is 1. The summed E-state index contributed by atoms with van der Waals surface area (Å²) in [6, 6.07) is -0.699. The Morgan fingerprint density at radius 2 is 2.22 bits per heavy atom. The summed E-state index contributed by atoms with van der Waals surface area (Å²) >= 11 is 5.33. The maximum absolute atomic E-state index is 10.2. The van der Waals surface area contributed by atoms with E-state index in [-0.39, 0.29) is 6.42 Å². The van der Waals surface area contributed by atoms with Crippen LogP contribution in [-0.2, 0) is 4.79 Å². The van der Waals surface area contributed by atoms with Gasteiger partial charge in [-0.2, -0.15) is 0 Å². The maximum Gasteiger partial charge on any atom is 0.234 e. The molecule has 4 heteroatoms. The molecule has 0 aromatic heterocycles. The Kier molecular flexibility index (Phi) is 3.27. The highest BCUT2D eigenvalue weighted by Crippen LogP contribution is 2.04. The van der Waals surface area contributed by atoms with Gasteiger partial charge < -0.3 is 11.5 Å². The van der Waals surface area contributed by atoms with Crippen molar-refractivity contribution in [3.05, 3.63) is 11.6 Å². The summed E-state index contributed by atoms with van der Waals surface area (Å²) in [4.78, 5) is 10.2. The Labute approximate surface area is 58.7 Å². The Morgan fingerprint density at radius 1 is 1.78 bits per heavy atom. The Bertz CT molecular complexity index is 135. The zero-order valence-electron chi connectivity index (χ0n) is 4.93. The summed E-state index contributed by atoms with van der Waals surface area (Å²) in [5.41, 5.74) is 10.0. The minimum absolute atomic E-state index is 0.247. The number of rotatable bonds is 3. The first kappa shape index (κ1) is 8.46. The third-order valence-electron chi connectivity index (χ3n) is 0.807. The van der Waals surface area contributed by atoms with Crippen LogP contribution in [0, 0.1) is 0 Å². The van der Waals surface area contributed by atoms with Gasteiger partial charge in [-0.25, -0.2) is 0 Å². The second-order valence-electron chi connectivity index (χ2n) is 1.73. The summed E-state index contributed by atoms with van der Waals surface area (Å²) in [7, 11) is 0. The Hall–Kier alpha value is -0.540. The molecule has 3 nitrogen and oxygen atoms in total. The van der Waals surface area contributed by atoms with E-state index >= 15 is 0 Å². The van der Waals surface area contributed by atoms with Crippen molar-refractivity contribution < 1.29 is 4.79 Å². The van der Waals surface area contributed by atoms with E-state index in [0.29, 0.717) is 5.03 Å². The number of nitrogens with two attached hydrogens (primary N) is 2. The van der Waals surface area contributed by atoms with E-state index in [9.17, 15) is 4.79 Å². The third-order valence-corrected chi connectivity index (χ3v) is 0.961. The molecular formula is C5H9ClN2O. The van der Waals surface area contributed by atoms with E-state index in [0.717, 1.165) is 0 Å². The topological polar surface area (TPSA) is 69.1 Å². The zero-order chi connectivity index (χ0) is 7.44. The molecule has 9 heavy (non-hydrogen) atoms. The van der Waals surface area contributed by atoms with Gasteiger partial charge in [-0.3, -0.25) is 4.79 Å². The molecule has 0 fully saturated rings. The van der Waals surface area contributed by atoms with Crippen LogP contribution in [0.3, 0.4) is 0 Å². The lowest BCUT2D eigenvalue weighted by atomic mass is 10.2. The van der Waals surface area contributed by atoms with E-state index < -0.39 is 11.9 Å². The van der Waals surface area contributed by atoms with Crippen LogP contribution in [0.1, 0.15) is 6.42 Å². The second kappa shape index (κ2) is 3.48. The summed E-state index contributed by atoms with van der Waals surface area (Å²) in [5.74, 6) is -0.559. The SMILES string of the molecule is C=C(Cl)CC(N)C(N)=O. The number of hydrogen-bond acceptors (Lipinski definition) is 2. The average Bonchev–Trinajstić information content (AvgIpc) is 1.63. The second-order valence-corrected chi connectivity index (χ2v) is 2.26. The molecule has 0 aliphatic heterocycles. The first-order chi connectivity index (χ1) is 4.04. The molecule has 52 valence electrons. The van der Waals surface area contributed by atoms with Crippen LogP contribution in [0.2, 0.25) is 0 Å². The first-order valence-electron chi connectivity index (χ1n) is 2.42. The monoisotopic (exact) mass is 148 g/mol. The molecule has 0 aliphatic carbocycles. The van der Waals surface area contributed by atoms with E-state index in [1.165, 1.54) is 0 Å². The molecule has 0 aromatic rings. The van der Waals surface area contributed by atoms with Crippen molar-refractivity contribution in [3.63, 3.8) is 0 Å². The van der Waals surface area contributed by atoms with E-state index in [2.05, 4.69) is 6.58 Å². The van der Waals surface area contributed by atoms with Crippen LogP contribution in [0.4, 0.5) is 0 Å². The van der Waals surface area contributed by atoms with E-state index in [1.54, 1.807) is 0 Å². The zero-order valence-corrected chi connectivity index (χ0v) is 5.69. The minimum Gasteiger partial charge on any atom is -0.368 e. The molecule has 0 saturated carbocycles. The van der Waals surface area contributed by atoms with Crippen LogP contribution in [0.15, 0.2) is 11.6 Å². The smallest absolute Gasteiger partial charge is 0.234 e. The van der Waals surface area contributed by atoms with Crippen LogP contribution >= 0.6 is 11.6 Å². The molecule has 1 unspecified atom stereocenters. The van der Waals surface area contributed by atoms with Crippen LogP contribution < -0.4 is 11.5 Å². The summed E-state index contributed by atoms with van der Waals surface area (Å²) in [5, 5.41) is 0.348. The fourth-order valence-corrected chi connectivity index (χ4v) is 0.505. The molecule has 1 atom stereocenters. The van der Waals surface area contributed by atoms with Gasteiger partial charge in [-0.15, -0.1) is 0 Å². The quantitative estimate of drug-likeness (QED) is 0.589. The minimum atomic E-state index is -0.699. The van der Waals surface area contributed by atoms with Gasteiger partial charge in [0.15, 0.2) is 0 Å². The predicted molar refractivity (Wildman–Crippen MR) is 36.8 cm³/mol. The van der Waals surface area contributed by atoms with Crippen molar-refractivity contribution >= 4 is 17.5 Å². The maximum atomic E-state index is 10.2. The molecule has 0 spiro atoms. The highest BCUT2D eigenvalue weighted by Gasteiger charge is 2.08. The van der Waals surface area contributed by atoms with Gasteiger partial charge in [0.25, 0.3) is 0 Å². The average molecular weight is 149 g/mol. The third kappa shape index (κ3) is 4.00. The van der Waals surface area contributed by atoms with Gasteiger partial charge in [0.2, 0.25) is 5.91 Å². The molecular weight excluding hydrogens is 140 g/mol. The van der Waals surface area contributed by atoms with Crippen molar-refractivity contribution in [2.45, 2.75) is 12.5 Å². The summed E-state index contributed by atoms with van der Waals surface area (Å²) < 4.78 is 0. The van der Waals surface area contributed by atoms with Gasteiger partial charge in [0.1, 0.15) is 0 Å². The molecule has 0 saturated heterocycles. The summed E-state index contributed by atoms with van der Waals surface area (Å²) in [6.45, 7) is 3.36. The standard InChI is InChI=1S/C5H9ClN2O/c1-3(6)2-4(7)5(8)9/h4H,1-2,7H2,(H2,8,9). The van der Waals surface area contributed by atoms with Gasteiger partial charge in [0.05, 0.1) is 6.04 Å². The lowest BCUT2D eigenvalue weighted by molar-refractivity contribution is -0.119. The van der Waals surface area contributed by atoms with Crippen LogP contribution in [0.25, 0.3) is 0 Å². The number of carbonyl (C=O) groups is 1.